The molecule has 21 heavy (non-hydrogen) atoms. The van der Waals surface area contributed by atoms with E-state index in [-0.39, 0.29) is 18.4 Å². The molecule has 0 spiro atoms. The number of nitro benzene ring substituents is 1. The van der Waals surface area contributed by atoms with Gasteiger partial charge in [0.2, 0.25) is 11.6 Å². The zero-order valence-corrected chi connectivity index (χ0v) is 11.6. The van der Waals surface area contributed by atoms with E-state index in [4.69, 9.17) is 10.5 Å². The van der Waals surface area contributed by atoms with E-state index in [0.717, 1.165) is 37.8 Å². The summed E-state index contributed by atoms with van der Waals surface area (Å²) in [4.78, 5) is 10.1. The summed E-state index contributed by atoms with van der Waals surface area (Å²) in [7, 11) is 0. The Balaban J connectivity index is 2.15. The molecule has 0 bridgehead atoms. The Labute approximate surface area is 121 Å². The lowest BCUT2D eigenvalue weighted by Crippen LogP contribution is -2.31. The van der Waals surface area contributed by atoms with Gasteiger partial charge in [0.05, 0.1) is 11.5 Å². The van der Waals surface area contributed by atoms with Gasteiger partial charge in [-0.1, -0.05) is 12.8 Å². The SMILES string of the molecule is NCC1CCCCC1COc1c([N+](=O)[O-])ccc(F)c1F. The van der Waals surface area contributed by atoms with Crippen LogP contribution in [0.4, 0.5) is 14.5 Å². The Morgan fingerprint density at radius 3 is 2.57 bits per heavy atom. The second-order valence-corrected chi connectivity index (χ2v) is 5.32. The minimum atomic E-state index is -1.32. The lowest BCUT2D eigenvalue weighted by Gasteiger charge is -2.30. The van der Waals surface area contributed by atoms with E-state index in [0.29, 0.717) is 6.54 Å². The summed E-state index contributed by atoms with van der Waals surface area (Å²) in [5, 5.41) is 10.9. The van der Waals surface area contributed by atoms with Crippen LogP contribution in [-0.2, 0) is 0 Å². The van der Waals surface area contributed by atoms with Gasteiger partial charge in [-0.05, 0) is 37.3 Å². The minimum absolute atomic E-state index is 0.114. The summed E-state index contributed by atoms with van der Waals surface area (Å²) < 4.78 is 32.2. The summed E-state index contributed by atoms with van der Waals surface area (Å²) in [6.07, 6.45) is 3.97. The summed E-state index contributed by atoms with van der Waals surface area (Å²) in [6.45, 7) is 0.616. The molecule has 1 saturated carbocycles. The predicted octanol–water partition coefficient (Wildman–Crippen LogP) is 3.02. The topological polar surface area (TPSA) is 78.4 Å². The minimum Gasteiger partial charge on any atom is -0.484 e. The Hall–Kier alpha value is -1.76. The molecule has 1 aliphatic carbocycles. The van der Waals surface area contributed by atoms with E-state index < -0.39 is 28.0 Å². The van der Waals surface area contributed by atoms with Crippen LogP contribution < -0.4 is 10.5 Å². The molecule has 2 atom stereocenters. The quantitative estimate of drug-likeness (QED) is 0.669. The number of hydrogen-bond donors (Lipinski definition) is 1. The number of nitrogens with two attached hydrogens (primary N) is 1. The molecule has 116 valence electrons. The molecular formula is C14H18F2N2O3. The number of halogens is 2. The van der Waals surface area contributed by atoms with E-state index in [1.807, 2.05) is 0 Å². The third-order valence-electron chi connectivity index (χ3n) is 4.04. The van der Waals surface area contributed by atoms with E-state index in [1.165, 1.54) is 0 Å². The number of nitro groups is 1. The van der Waals surface area contributed by atoms with Gasteiger partial charge < -0.3 is 10.5 Å². The molecule has 2 N–H and O–H groups in total. The van der Waals surface area contributed by atoms with Gasteiger partial charge in [0.25, 0.3) is 0 Å². The molecule has 0 radical (unpaired) electrons. The summed E-state index contributed by atoms with van der Waals surface area (Å²) in [5.41, 5.74) is 5.14. The summed E-state index contributed by atoms with van der Waals surface area (Å²) >= 11 is 0. The van der Waals surface area contributed by atoms with Crippen LogP contribution in [0.2, 0.25) is 0 Å². The maximum Gasteiger partial charge on any atom is 0.314 e. The van der Waals surface area contributed by atoms with Crippen molar-refractivity contribution in [3.8, 4) is 5.75 Å². The molecule has 1 aromatic carbocycles. The van der Waals surface area contributed by atoms with Crippen molar-refractivity contribution in [2.75, 3.05) is 13.2 Å². The Kier molecular flexibility index (Phi) is 5.06. The lowest BCUT2D eigenvalue weighted by molar-refractivity contribution is -0.386. The number of ether oxygens (including phenoxy) is 1. The first-order chi connectivity index (χ1) is 10.0. The molecule has 0 aromatic heterocycles. The van der Waals surface area contributed by atoms with Crippen LogP contribution in [-0.4, -0.2) is 18.1 Å². The second-order valence-electron chi connectivity index (χ2n) is 5.32. The zero-order valence-electron chi connectivity index (χ0n) is 11.6. The van der Waals surface area contributed by atoms with Crippen LogP contribution in [0.25, 0.3) is 0 Å². The number of benzene rings is 1. The van der Waals surface area contributed by atoms with Crippen molar-refractivity contribution in [3.63, 3.8) is 0 Å². The van der Waals surface area contributed by atoms with Crippen molar-refractivity contribution in [3.05, 3.63) is 33.9 Å². The van der Waals surface area contributed by atoms with Crippen LogP contribution in [0.3, 0.4) is 0 Å². The lowest BCUT2D eigenvalue weighted by atomic mass is 9.80. The first kappa shape index (κ1) is 15.6. The van der Waals surface area contributed by atoms with Gasteiger partial charge >= 0.3 is 5.69 Å². The second kappa shape index (κ2) is 6.80. The highest BCUT2D eigenvalue weighted by Gasteiger charge is 2.28. The van der Waals surface area contributed by atoms with Gasteiger partial charge in [0.1, 0.15) is 0 Å². The van der Waals surface area contributed by atoms with Gasteiger partial charge in [0, 0.05) is 6.07 Å². The van der Waals surface area contributed by atoms with Gasteiger partial charge in [-0.2, -0.15) is 4.39 Å². The zero-order chi connectivity index (χ0) is 15.4. The smallest absolute Gasteiger partial charge is 0.314 e. The van der Waals surface area contributed by atoms with E-state index >= 15 is 0 Å². The van der Waals surface area contributed by atoms with Crippen LogP contribution >= 0.6 is 0 Å². The molecule has 0 amide bonds. The first-order valence-corrected chi connectivity index (χ1v) is 6.99. The van der Waals surface area contributed by atoms with Crippen molar-refractivity contribution in [2.45, 2.75) is 25.7 Å². The maximum absolute atomic E-state index is 13.7. The maximum atomic E-state index is 13.7. The third-order valence-corrected chi connectivity index (χ3v) is 4.04. The molecule has 1 aromatic rings. The Morgan fingerprint density at radius 1 is 1.29 bits per heavy atom. The summed E-state index contributed by atoms with van der Waals surface area (Å²) in [5.74, 6) is -2.72. The van der Waals surface area contributed by atoms with Crippen LogP contribution in [0.1, 0.15) is 25.7 Å². The summed E-state index contributed by atoms with van der Waals surface area (Å²) in [6, 6.07) is 1.64. The normalized spacial score (nSPS) is 22.0. The molecule has 1 fully saturated rings. The van der Waals surface area contributed by atoms with Crippen molar-refractivity contribution in [2.24, 2.45) is 17.6 Å². The molecule has 0 saturated heterocycles. The Morgan fingerprint density at radius 2 is 1.95 bits per heavy atom. The Bertz CT molecular complexity index is 525. The predicted molar refractivity (Wildman–Crippen MR) is 73.0 cm³/mol. The molecule has 1 aliphatic rings. The van der Waals surface area contributed by atoms with Crippen LogP contribution in [0, 0.1) is 33.6 Å². The van der Waals surface area contributed by atoms with Crippen LogP contribution in [0.5, 0.6) is 5.75 Å². The monoisotopic (exact) mass is 300 g/mol. The molecule has 2 rings (SSSR count). The average molecular weight is 300 g/mol. The highest BCUT2D eigenvalue weighted by Crippen LogP contribution is 2.34. The van der Waals surface area contributed by atoms with E-state index in [1.54, 1.807) is 0 Å². The van der Waals surface area contributed by atoms with Gasteiger partial charge in [0.15, 0.2) is 5.82 Å². The number of nitrogens with zero attached hydrogens (tertiary/aromatic N) is 1. The van der Waals surface area contributed by atoms with E-state index in [9.17, 15) is 18.9 Å². The van der Waals surface area contributed by atoms with Gasteiger partial charge in [-0.15, -0.1) is 0 Å². The average Bonchev–Trinajstić information content (AvgIpc) is 2.48. The number of hydrogen-bond acceptors (Lipinski definition) is 4. The highest BCUT2D eigenvalue weighted by molar-refractivity contribution is 5.47. The fraction of sp³-hybridized carbons (Fsp3) is 0.571. The van der Waals surface area contributed by atoms with E-state index in [2.05, 4.69) is 0 Å². The molecule has 2 unspecified atom stereocenters. The number of rotatable bonds is 5. The van der Waals surface area contributed by atoms with Crippen molar-refractivity contribution in [1.82, 2.24) is 0 Å². The van der Waals surface area contributed by atoms with Gasteiger partial charge in [-0.25, -0.2) is 4.39 Å². The fourth-order valence-electron chi connectivity index (χ4n) is 2.81. The first-order valence-electron chi connectivity index (χ1n) is 6.99. The fourth-order valence-corrected chi connectivity index (χ4v) is 2.81. The molecular weight excluding hydrogens is 282 g/mol. The van der Waals surface area contributed by atoms with Crippen molar-refractivity contribution < 1.29 is 18.4 Å². The largest absolute Gasteiger partial charge is 0.484 e. The van der Waals surface area contributed by atoms with Gasteiger partial charge in [-0.3, -0.25) is 10.1 Å². The third kappa shape index (κ3) is 3.47. The van der Waals surface area contributed by atoms with Crippen molar-refractivity contribution >= 4 is 5.69 Å². The molecule has 0 heterocycles. The molecule has 7 heteroatoms. The standard InChI is InChI=1S/C14H18F2N2O3/c15-11-5-6-12(18(19)20)14(13(11)16)21-8-10-4-2-1-3-9(10)7-17/h5-6,9-10H,1-4,7-8,17H2. The van der Waals surface area contributed by atoms with Crippen molar-refractivity contribution in [1.29, 1.82) is 0 Å². The van der Waals surface area contributed by atoms with Crippen LogP contribution in [0.15, 0.2) is 12.1 Å². The molecule has 5 nitrogen and oxygen atoms in total. The highest BCUT2D eigenvalue weighted by atomic mass is 19.2. The molecule has 0 aliphatic heterocycles.